The van der Waals surface area contributed by atoms with Crippen LogP contribution in [0.4, 0.5) is 11.4 Å². The summed E-state index contributed by atoms with van der Waals surface area (Å²) in [7, 11) is 5.24. The highest BCUT2D eigenvalue weighted by molar-refractivity contribution is 5.58. The first kappa shape index (κ1) is 13.2. The molecule has 1 aromatic rings. The molecule has 0 aromatic heterocycles. The first-order chi connectivity index (χ1) is 8.10. The van der Waals surface area contributed by atoms with Crippen LogP contribution in [0.15, 0.2) is 18.2 Å². The van der Waals surface area contributed by atoms with E-state index < -0.39 is 4.92 Å². The monoisotopic (exact) mass is 239 g/mol. The van der Waals surface area contributed by atoms with Crippen molar-refractivity contribution in [3.8, 4) is 5.75 Å². The second kappa shape index (κ2) is 6.05. The minimum Gasteiger partial charge on any atom is -0.490 e. The van der Waals surface area contributed by atoms with Crippen LogP contribution in [-0.2, 0) is 0 Å². The highest BCUT2D eigenvalue weighted by atomic mass is 16.6. The maximum atomic E-state index is 10.7. The fourth-order valence-corrected chi connectivity index (χ4v) is 1.46. The smallest absolute Gasteiger partial charge is 0.311 e. The van der Waals surface area contributed by atoms with E-state index in [1.807, 2.05) is 19.0 Å². The summed E-state index contributed by atoms with van der Waals surface area (Å²) in [5.74, 6) is 0.281. The maximum absolute atomic E-state index is 10.7. The van der Waals surface area contributed by atoms with Crippen molar-refractivity contribution in [1.29, 1.82) is 0 Å². The third-order valence-corrected chi connectivity index (χ3v) is 2.50. The lowest BCUT2D eigenvalue weighted by molar-refractivity contribution is -0.385. The Labute approximate surface area is 100 Å². The van der Waals surface area contributed by atoms with Crippen molar-refractivity contribution < 1.29 is 9.66 Å². The molecule has 0 fully saturated rings. The van der Waals surface area contributed by atoms with Crippen LogP contribution in [0.2, 0.25) is 0 Å². The molecule has 0 bridgehead atoms. The quantitative estimate of drug-likeness (QED) is 0.598. The van der Waals surface area contributed by atoms with Gasteiger partial charge < -0.3 is 15.0 Å². The zero-order valence-electron chi connectivity index (χ0n) is 10.3. The van der Waals surface area contributed by atoms with Crippen molar-refractivity contribution in [3.05, 3.63) is 28.3 Å². The fourth-order valence-electron chi connectivity index (χ4n) is 1.46. The van der Waals surface area contributed by atoms with Gasteiger partial charge in [-0.1, -0.05) is 0 Å². The normalized spacial score (nSPS) is 10.1. The van der Waals surface area contributed by atoms with Gasteiger partial charge in [0.25, 0.3) is 0 Å². The number of nitrogens with one attached hydrogen (secondary N) is 1. The molecule has 0 saturated carbocycles. The van der Waals surface area contributed by atoms with E-state index in [9.17, 15) is 10.1 Å². The molecule has 17 heavy (non-hydrogen) atoms. The van der Waals surface area contributed by atoms with Gasteiger partial charge in [-0.05, 0) is 13.1 Å². The summed E-state index contributed by atoms with van der Waals surface area (Å²) in [6, 6.07) is 4.86. The number of likely N-dealkylation sites (N-methyl/N-ethyl adjacent to an activating group) is 2. The Hall–Kier alpha value is -1.82. The topological polar surface area (TPSA) is 67.6 Å². The van der Waals surface area contributed by atoms with Gasteiger partial charge in [-0.25, -0.2) is 0 Å². The molecule has 0 atom stereocenters. The highest BCUT2D eigenvalue weighted by Crippen LogP contribution is 2.30. The molecule has 1 aromatic carbocycles. The van der Waals surface area contributed by atoms with Gasteiger partial charge in [-0.3, -0.25) is 10.1 Å². The van der Waals surface area contributed by atoms with Crippen molar-refractivity contribution >= 4 is 11.4 Å². The lowest BCUT2D eigenvalue weighted by Crippen LogP contribution is -2.26. The standard InChI is InChI=1S/C11H17N3O3/c1-12-6-7-13(2)9-4-5-10(14(15)16)11(8-9)17-3/h4-5,8,12H,6-7H2,1-3H3. The summed E-state index contributed by atoms with van der Waals surface area (Å²) in [4.78, 5) is 12.3. The van der Waals surface area contributed by atoms with Crippen LogP contribution in [0.1, 0.15) is 0 Å². The molecule has 0 amide bonds. The van der Waals surface area contributed by atoms with Crippen molar-refractivity contribution in [3.63, 3.8) is 0 Å². The van der Waals surface area contributed by atoms with Gasteiger partial charge in [0.1, 0.15) is 0 Å². The third-order valence-electron chi connectivity index (χ3n) is 2.50. The summed E-state index contributed by atoms with van der Waals surface area (Å²) in [6.45, 7) is 1.66. The largest absolute Gasteiger partial charge is 0.490 e. The number of anilines is 1. The van der Waals surface area contributed by atoms with Crippen LogP contribution in [0.25, 0.3) is 0 Å². The second-order valence-corrected chi connectivity index (χ2v) is 3.64. The number of methoxy groups -OCH3 is 1. The zero-order valence-corrected chi connectivity index (χ0v) is 10.3. The minimum absolute atomic E-state index is 0.0155. The van der Waals surface area contributed by atoms with Gasteiger partial charge in [0.05, 0.1) is 12.0 Å². The van der Waals surface area contributed by atoms with Gasteiger partial charge in [0.2, 0.25) is 0 Å². The first-order valence-electron chi connectivity index (χ1n) is 5.28. The van der Waals surface area contributed by atoms with E-state index in [2.05, 4.69) is 5.32 Å². The van der Waals surface area contributed by atoms with Crippen LogP contribution in [0.5, 0.6) is 5.75 Å². The predicted octanol–water partition coefficient (Wildman–Crippen LogP) is 1.26. The van der Waals surface area contributed by atoms with Crippen molar-refractivity contribution in [2.75, 3.05) is 39.2 Å². The molecule has 0 unspecified atom stereocenters. The molecule has 6 nitrogen and oxygen atoms in total. The lowest BCUT2D eigenvalue weighted by atomic mass is 10.2. The molecule has 1 rings (SSSR count). The summed E-state index contributed by atoms with van der Waals surface area (Å²) in [5.41, 5.74) is 0.876. The molecular weight excluding hydrogens is 222 g/mol. The third kappa shape index (κ3) is 3.32. The van der Waals surface area contributed by atoms with Gasteiger partial charge >= 0.3 is 5.69 Å². The summed E-state index contributed by atoms with van der Waals surface area (Å²) in [5, 5.41) is 13.8. The molecule has 0 radical (unpaired) electrons. The van der Waals surface area contributed by atoms with E-state index in [1.54, 1.807) is 12.1 Å². The van der Waals surface area contributed by atoms with Crippen LogP contribution in [0, 0.1) is 10.1 Å². The lowest BCUT2D eigenvalue weighted by Gasteiger charge is -2.19. The van der Waals surface area contributed by atoms with E-state index in [-0.39, 0.29) is 11.4 Å². The van der Waals surface area contributed by atoms with E-state index >= 15 is 0 Å². The summed E-state index contributed by atoms with van der Waals surface area (Å²) >= 11 is 0. The Bertz CT molecular complexity index is 396. The molecule has 0 aliphatic heterocycles. The molecular formula is C11H17N3O3. The van der Waals surface area contributed by atoms with Crippen LogP contribution < -0.4 is 15.0 Å². The molecule has 1 N–H and O–H groups in total. The summed E-state index contributed by atoms with van der Waals surface area (Å²) in [6.07, 6.45) is 0. The number of nitro benzene ring substituents is 1. The Morgan fingerprint density at radius 2 is 2.24 bits per heavy atom. The van der Waals surface area contributed by atoms with Crippen LogP contribution in [0.3, 0.4) is 0 Å². The number of nitro groups is 1. The Balaban J connectivity index is 2.92. The number of nitrogens with zero attached hydrogens (tertiary/aromatic N) is 2. The fraction of sp³-hybridized carbons (Fsp3) is 0.455. The molecule has 94 valence electrons. The van der Waals surface area contributed by atoms with E-state index in [0.29, 0.717) is 0 Å². The van der Waals surface area contributed by atoms with E-state index in [1.165, 1.54) is 13.2 Å². The average Bonchev–Trinajstić information content (AvgIpc) is 2.34. The first-order valence-corrected chi connectivity index (χ1v) is 5.28. The Morgan fingerprint density at radius 1 is 1.53 bits per heavy atom. The molecule has 0 spiro atoms. The number of hydrogen-bond acceptors (Lipinski definition) is 5. The van der Waals surface area contributed by atoms with E-state index in [0.717, 1.165) is 18.8 Å². The van der Waals surface area contributed by atoms with Gasteiger partial charge in [0, 0.05) is 38.0 Å². The maximum Gasteiger partial charge on any atom is 0.311 e. The van der Waals surface area contributed by atoms with Crippen molar-refractivity contribution in [1.82, 2.24) is 5.32 Å². The zero-order chi connectivity index (χ0) is 12.8. The number of benzene rings is 1. The van der Waals surface area contributed by atoms with Gasteiger partial charge in [-0.15, -0.1) is 0 Å². The average molecular weight is 239 g/mol. The van der Waals surface area contributed by atoms with Crippen molar-refractivity contribution in [2.24, 2.45) is 0 Å². The number of rotatable bonds is 6. The molecule has 0 heterocycles. The molecule has 0 saturated heterocycles. The van der Waals surface area contributed by atoms with Crippen LogP contribution >= 0.6 is 0 Å². The number of hydrogen-bond donors (Lipinski definition) is 1. The van der Waals surface area contributed by atoms with E-state index in [4.69, 9.17) is 4.74 Å². The predicted molar refractivity (Wildman–Crippen MR) is 66.8 cm³/mol. The van der Waals surface area contributed by atoms with Crippen molar-refractivity contribution in [2.45, 2.75) is 0 Å². The van der Waals surface area contributed by atoms with Crippen LogP contribution in [-0.4, -0.2) is 39.2 Å². The molecule has 6 heteroatoms. The summed E-state index contributed by atoms with van der Waals surface area (Å²) < 4.78 is 5.02. The highest BCUT2D eigenvalue weighted by Gasteiger charge is 2.15. The molecule has 0 aliphatic carbocycles. The second-order valence-electron chi connectivity index (χ2n) is 3.64. The van der Waals surface area contributed by atoms with Gasteiger partial charge in [0.15, 0.2) is 5.75 Å². The minimum atomic E-state index is -0.448. The Morgan fingerprint density at radius 3 is 2.76 bits per heavy atom. The number of ether oxygens (including phenoxy) is 1. The Kier molecular flexibility index (Phi) is 4.71. The molecule has 0 aliphatic rings. The SMILES string of the molecule is CNCCN(C)c1ccc([N+](=O)[O-])c(OC)c1. The van der Waals surface area contributed by atoms with Gasteiger partial charge in [-0.2, -0.15) is 0 Å².